The van der Waals surface area contributed by atoms with Crippen LogP contribution in [-0.2, 0) is 14.3 Å². The number of thioether (sulfide) groups is 1. The van der Waals surface area contributed by atoms with E-state index in [1.807, 2.05) is 55.4 Å². The molecule has 9 nitrogen and oxygen atoms in total. The largest absolute Gasteiger partial charge is 0.505 e. The highest BCUT2D eigenvalue weighted by molar-refractivity contribution is 7.99. The predicted molar refractivity (Wildman–Crippen MR) is 195 cm³/mol. The fraction of sp³-hybridized carbons (Fsp3) is 0.676. The summed E-state index contributed by atoms with van der Waals surface area (Å²) in [5.74, 6) is 0.185. The molecule has 2 aromatic rings. The standard InChI is InChI=1S/C37H57N3O6S2/c1-6-8-18-37(19-9-7-2)35(46-48(5,43)44)32(33-31(47-36(37)42)17-16-30(34(33)41)38(3)4)28-12-14-29(15-13-28)45-27-11-10-23-40-24-20-39(21-25-40)22-26-40/h12-17,32,35-36,42H,6-11,18-27H2,1-5H3/p+1/t32-,35-,36?/m1/s1. The molecule has 4 aliphatic rings. The first-order chi connectivity index (χ1) is 22.9. The molecule has 4 heterocycles. The lowest BCUT2D eigenvalue weighted by atomic mass is 9.67. The molecule has 3 saturated heterocycles. The van der Waals surface area contributed by atoms with Crippen LogP contribution in [0.3, 0.4) is 0 Å². The van der Waals surface area contributed by atoms with Gasteiger partial charge < -0.3 is 24.3 Å². The number of hydrogen-bond acceptors (Lipinski definition) is 9. The molecule has 11 heteroatoms. The van der Waals surface area contributed by atoms with Crippen molar-refractivity contribution >= 4 is 27.6 Å². The van der Waals surface area contributed by atoms with Crippen molar-refractivity contribution in [2.45, 2.75) is 87.6 Å². The number of benzene rings is 2. The zero-order valence-corrected chi connectivity index (χ0v) is 31.3. The molecule has 3 fully saturated rings. The maximum atomic E-state index is 13.1. The zero-order chi connectivity index (χ0) is 34.5. The van der Waals surface area contributed by atoms with E-state index >= 15 is 0 Å². The van der Waals surface area contributed by atoms with Crippen LogP contribution in [0, 0.1) is 5.41 Å². The van der Waals surface area contributed by atoms with Crippen molar-refractivity contribution in [2.75, 3.05) is 77.7 Å². The fourth-order valence-corrected chi connectivity index (χ4v) is 10.2. The summed E-state index contributed by atoms with van der Waals surface area (Å²) in [5.41, 5.74) is 0.219. The van der Waals surface area contributed by atoms with Crippen molar-refractivity contribution in [2.24, 2.45) is 5.41 Å². The lowest BCUT2D eigenvalue weighted by Crippen LogP contribution is -2.67. The minimum atomic E-state index is -3.95. The molecule has 0 saturated carbocycles. The van der Waals surface area contributed by atoms with Gasteiger partial charge in [-0.15, -0.1) is 0 Å². The number of ether oxygens (including phenoxy) is 1. The van der Waals surface area contributed by atoms with Crippen molar-refractivity contribution in [3.05, 3.63) is 47.5 Å². The minimum Gasteiger partial charge on any atom is -0.505 e. The lowest BCUT2D eigenvalue weighted by molar-refractivity contribution is -0.941. The van der Waals surface area contributed by atoms with Crippen LogP contribution in [0.1, 0.15) is 82.3 Å². The number of phenols is 1. The minimum absolute atomic E-state index is 0.0768. The Hall–Kier alpha value is -2.02. The van der Waals surface area contributed by atoms with Crippen molar-refractivity contribution in [3.8, 4) is 11.5 Å². The van der Waals surface area contributed by atoms with Crippen LogP contribution in [0.2, 0.25) is 0 Å². The molecule has 48 heavy (non-hydrogen) atoms. The van der Waals surface area contributed by atoms with Gasteiger partial charge in [0.05, 0.1) is 50.8 Å². The Morgan fingerprint density at radius 1 is 0.958 bits per heavy atom. The van der Waals surface area contributed by atoms with Crippen LogP contribution < -0.4 is 9.64 Å². The van der Waals surface area contributed by atoms with E-state index in [1.165, 1.54) is 62.1 Å². The second-order valence-electron chi connectivity index (χ2n) is 14.6. The average Bonchev–Trinajstić information content (AvgIpc) is 3.15. The fourth-order valence-electron chi connectivity index (χ4n) is 8.13. The number of anilines is 1. The quantitative estimate of drug-likeness (QED) is 0.123. The summed E-state index contributed by atoms with van der Waals surface area (Å²) in [6, 6.07) is 11.6. The third kappa shape index (κ3) is 8.29. The van der Waals surface area contributed by atoms with Crippen molar-refractivity contribution in [3.63, 3.8) is 0 Å². The van der Waals surface area contributed by atoms with Crippen LogP contribution in [0.15, 0.2) is 41.3 Å². The molecule has 2 N–H and O–H groups in total. The second kappa shape index (κ2) is 15.9. The van der Waals surface area contributed by atoms with Gasteiger partial charge in [-0.1, -0.05) is 63.4 Å². The van der Waals surface area contributed by atoms with E-state index in [1.54, 1.807) is 0 Å². The number of piperazine rings is 3. The van der Waals surface area contributed by atoms with Crippen LogP contribution in [-0.4, -0.2) is 112 Å². The molecule has 0 aliphatic carbocycles. The molecule has 0 spiro atoms. The highest BCUT2D eigenvalue weighted by Gasteiger charge is 2.54. The second-order valence-corrected chi connectivity index (χ2v) is 17.3. The number of aliphatic hydroxyl groups is 1. The highest BCUT2D eigenvalue weighted by atomic mass is 32.2. The third-order valence-electron chi connectivity index (χ3n) is 11.0. The first-order valence-corrected chi connectivity index (χ1v) is 20.7. The maximum absolute atomic E-state index is 13.1. The maximum Gasteiger partial charge on any atom is 0.264 e. The van der Waals surface area contributed by atoms with Crippen LogP contribution in [0.4, 0.5) is 5.69 Å². The summed E-state index contributed by atoms with van der Waals surface area (Å²) in [4.78, 5) is 5.16. The van der Waals surface area contributed by atoms with Gasteiger partial charge >= 0.3 is 0 Å². The normalized spacial score (nSPS) is 26.5. The molecule has 2 bridgehead atoms. The van der Waals surface area contributed by atoms with Gasteiger partial charge in [0, 0.05) is 55.5 Å². The molecule has 1 unspecified atom stereocenters. The number of rotatable bonds is 16. The summed E-state index contributed by atoms with van der Waals surface area (Å²) < 4.78 is 39.8. The topological polar surface area (TPSA) is 99.5 Å². The van der Waals surface area contributed by atoms with E-state index in [9.17, 15) is 18.6 Å². The Morgan fingerprint density at radius 3 is 2.15 bits per heavy atom. The van der Waals surface area contributed by atoms with Crippen LogP contribution in [0.25, 0.3) is 0 Å². The molecule has 0 aromatic heterocycles. The van der Waals surface area contributed by atoms with E-state index in [2.05, 4.69) is 18.7 Å². The molecule has 4 aliphatic heterocycles. The third-order valence-corrected chi connectivity index (χ3v) is 12.9. The summed E-state index contributed by atoms with van der Waals surface area (Å²) in [7, 11) is -0.206. The Balaban J connectivity index is 1.47. The Bertz CT molecular complexity index is 1440. The van der Waals surface area contributed by atoms with Gasteiger partial charge in [-0.2, -0.15) is 8.42 Å². The molecule has 3 atom stereocenters. The van der Waals surface area contributed by atoms with Crippen molar-refractivity contribution in [1.82, 2.24) is 4.90 Å². The number of quaternary nitrogens is 1. The molecular formula is C37H58N3O6S2+. The molecular weight excluding hydrogens is 647 g/mol. The van der Waals surface area contributed by atoms with E-state index < -0.39 is 33.0 Å². The molecule has 0 radical (unpaired) electrons. The van der Waals surface area contributed by atoms with Gasteiger partial charge in [-0.05, 0) is 55.5 Å². The van der Waals surface area contributed by atoms with Gasteiger partial charge in [0.1, 0.15) is 16.9 Å². The smallest absolute Gasteiger partial charge is 0.264 e. The van der Waals surface area contributed by atoms with E-state index in [0.717, 1.165) is 61.0 Å². The Kier molecular flexibility index (Phi) is 12.3. The summed E-state index contributed by atoms with van der Waals surface area (Å²) in [6.07, 6.45) is 6.92. The summed E-state index contributed by atoms with van der Waals surface area (Å²) >= 11 is 1.31. The molecule has 2 aromatic carbocycles. The molecule has 6 rings (SSSR count). The van der Waals surface area contributed by atoms with Gasteiger partial charge in [-0.3, -0.25) is 9.08 Å². The van der Waals surface area contributed by atoms with Gasteiger partial charge in [0.15, 0.2) is 0 Å². The molecule has 268 valence electrons. The average molecular weight is 705 g/mol. The van der Waals surface area contributed by atoms with Crippen molar-refractivity contribution in [1.29, 1.82) is 0 Å². The summed E-state index contributed by atoms with van der Waals surface area (Å²) in [5, 5.41) is 23.9. The monoisotopic (exact) mass is 704 g/mol. The number of phenolic OH excluding ortho intramolecular Hbond substituents is 1. The Labute approximate surface area is 293 Å². The van der Waals surface area contributed by atoms with E-state index in [4.69, 9.17) is 8.92 Å². The van der Waals surface area contributed by atoms with E-state index in [0.29, 0.717) is 30.7 Å². The lowest BCUT2D eigenvalue weighted by Gasteiger charge is -2.50. The first kappa shape index (κ1) is 37.2. The first-order valence-electron chi connectivity index (χ1n) is 18.0. The van der Waals surface area contributed by atoms with Crippen molar-refractivity contribution < 1.29 is 32.0 Å². The zero-order valence-electron chi connectivity index (χ0n) is 29.7. The van der Waals surface area contributed by atoms with Crippen LogP contribution in [0.5, 0.6) is 11.5 Å². The summed E-state index contributed by atoms with van der Waals surface area (Å²) in [6.45, 7) is 13.6. The number of aliphatic hydroxyl groups excluding tert-OH is 1. The number of aromatic hydroxyl groups is 1. The number of hydrogen-bond donors (Lipinski definition) is 2. The number of unbranched alkanes of at least 4 members (excludes halogenated alkanes) is 3. The number of nitrogens with zero attached hydrogens (tertiary/aromatic N) is 3. The van der Waals surface area contributed by atoms with Crippen LogP contribution >= 0.6 is 11.8 Å². The van der Waals surface area contributed by atoms with Gasteiger partial charge in [0.2, 0.25) is 0 Å². The molecule has 0 amide bonds. The van der Waals surface area contributed by atoms with Gasteiger partial charge in [-0.25, -0.2) is 0 Å². The van der Waals surface area contributed by atoms with E-state index in [-0.39, 0.29) is 5.75 Å². The predicted octanol–water partition coefficient (Wildman–Crippen LogP) is 6.03. The Morgan fingerprint density at radius 2 is 1.58 bits per heavy atom. The van der Waals surface area contributed by atoms with Gasteiger partial charge in [0.25, 0.3) is 10.1 Å². The number of fused-ring (bicyclic) bond motifs is 4. The highest BCUT2D eigenvalue weighted by Crippen LogP contribution is 2.58. The SMILES string of the molecule is CCCCC1(CCCC)C(O)Sc2ccc(N(C)C)c(O)c2[C@@H](c2ccc(OCCCC[N+]34CCN(CC3)CC4)cc2)[C@H]1OS(C)(=O)=O.